The standard InChI is InChI=1S/C29H39N3O6SSi/c1-7-11-26(27(38-40(5,6)29(2,3)4)19-14-23-12-9-8-10-13-23)31-21-20-30(22-28(31)33)39(36,37)25-17-15-24(16-18-25)32(34)35/h7-10,12-19,26-27H,1,11,20-22H2,2-6H3/b19-14+/t26-,27-/m1/s1. The molecule has 1 aliphatic heterocycles. The molecule has 2 aromatic rings. The van der Waals surface area contributed by atoms with Crippen molar-refractivity contribution in [3.63, 3.8) is 0 Å². The summed E-state index contributed by atoms with van der Waals surface area (Å²) in [5, 5.41) is 10.9. The third-order valence-corrected chi connectivity index (χ3v) is 13.9. The van der Waals surface area contributed by atoms with Crippen molar-refractivity contribution in [2.24, 2.45) is 0 Å². The number of nitrogens with zero attached hydrogens (tertiary/aromatic N) is 3. The van der Waals surface area contributed by atoms with Gasteiger partial charge < -0.3 is 9.33 Å². The zero-order valence-corrected chi connectivity index (χ0v) is 25.6. The third kappa shape index (κ3) is 7.33. The maximum Gasteiger partial charge on any atom is 0.269 e. The van der Waals surface area contributed by atoms with E-state index < -0.39 is 29.4 Å². The second kappa shape index (κ2) is 12.6. The zero-order chi connectivity index (χ0) is 29.7. The Morgan fingerprint density at radius 2 is 1.73 bits per heavy atom. The van der Waals surface area contributed by atoms with Gasteiger partial charge >= 0.3 is 0 Å². The SMILES string of the molecule is C=CC[C@H]([C@@H](/C=C/c1ccccc1)O[Si](C)(C)C(C)(C)C)N1CCN(S(=O)(=O)c2ccc([N+](=O)[O-])cc2)CC1=O. The van der Waals surface area contributed by atoms with Gasteiger partial charge in [-0.25, -0.2) is 8.42 Å². The van der Waals surface area contributed by atoms with Crippen LogP contribution in [-0.2, 0) is 19.2 Å². The lowest BCUT2D eigenvalue weighted by molar-refractivity contribution is -0.384. The second-order valence-electron chi connectivity index (χ2n) is 11.4. The number of hydrogen-bond acceptors (Lipinski definition) is 6. The van der Waals surface area contributed by atoms with E-state index in [1.807, 2.05) is 42.5 Å². The number of piperazine rings is 1. The molecule has 2 atom stereocenters. The Morgan fingerprint density at radius 3 is 2.25 bits per heavy atom. The predicted molar refractivity (Wildman–Crippen MR) is 160 cm³/mol. The van der Waals surface area contributed by atoms with Crippen molar-refractivity contribution in [1.29, 1.82) is 0 Å². The van der Waals surface area contributed by atoms with E-state index in [4.69, 9.17) is 4.43 Å². The molecule has 11 heteroatoms. The van der Waals surface area contributed by atoms with Gasteiger partial charge in [-0.2, -0.15) is 4.31 Å². The van der Waals surface area contributed by atoms with Crippen LogP contribution in [0.2, 0.25) is 18.1 Å². The Labute approximate surface area is 238 Å². The molecule has 2 aromatic carbocycles. The van der Waals surface area contributed by atoms with Crippen LogP contribution in [0, 0.1) is 10.1 Å². The van der Waals surface area contributed by atoms with Crippen molar-refractivity contribution in [3.8, 4) is 0 Å². The zero-order valence-electron chi connectivity index (χ0n) is 23.8. The molecule has 3 rings (SSSR count). The van der Waals surface area contributed by atoms with E-state index in [0.717, 1.165) is 22.0 Å². The average molecular weight is 586 g/mol. The molecule has 216 valence electrons. The number of benzene rings is 2. The lowest BCUT2D eigenvalue weighted by atomic mass is 10.0. The molecular weight excluding hydrogens is 546 g/mol. The Balaban J connectivity index is 1.88. The lowest BCUT2D eigenvalue weighted by Gasteiger charge is -2.45. The number of rotatable bonds is 11. The summed E-state index contributed by atoms with van der Waals surface area (Å²) in [5.41, 5.74) is 0.803. The Morgan fingerprint density at radius 1 is 1.10 bits per heavy atom. The molecule has 1 amide bonds. The molecule has 1 fully saturated rings. The minimum absolute atomic E-state index is 0.0634. The number of hydrogen-bond donors (Lipinski definition) is 0. The highest BCUT2D eigenvalue weighted by Crippen LogP contribution is 2.38. The molecule has 0 aliphatic carbocycles. The average Bonchev–Trinajstić information content (AvgIpc) is 2.90. The fourth-order valence-corrected chi connectivity index (χ4v) is 6.90. The maximum absolute atomic E-state index is 13.5. The quantitative estimate of drug-likeness (QED) is 0.150. The van der Waals surface area contributed by atoms with Gasteiger partial charge in [-0.3, -0.25) is 14.9 Å². The first-order valence-corrected chi connectivity index (χ1v) is 17.6. The van der Waals surface area contributed by atoms with Gasteiger partial charge in [0, 0.05) is 25.2 Å². The molecule has 40 heavy (non-hydrogen) atoms. The van der Waals surface area contributed by atoms with Crippen LogP contribution in [-0.4, -0.2) is 68.6 Å². The highest BCUT2D eigenvalue weighted by atomic mass is 32.2. The summed E-state index contributed by atoms with van der Waals surface area (Å²) in [6, 6.07) is 14.2. The first-order valence-electron chi connectivity index (χ1n) is 13.2. The number of sulfonamides is 1. The predicted octanol–water partition coefficient (Wildman–Crippen LogP) is 5.48. The van der Waals surface area contributed by atoms with Crippen LogP contribution in [0.15, 0.2) is 78.2 Å². The van der Waals surface area contributed by atoms with Crippen LogP contribution in [0.1, 0.15) is 32.8 Å². The van der Waals surface area contributed by atoms with Crippen molar-refractivity contribution in [2.75, 3.05) is 19.6 Å². The summed E-state index contributed by atoms with van der Waals surface area (Å²) in [7, 11) is -6.27. The van der Waals surface area contributed by atoms with Crippen molar-refractivity contribution in [1.82, 2.24) is 9.21 Å². The van der Waals surface area contributed by atoms with E-state index in [-0.39, 0.29) is 47.2 Å². The van der Waals surface area contributed by atoms with E-state index in [0.29, 0.717) is 6.42 Å². The summed E-state index contributed by atoms with van der Waals surface area (Å²) in [5.74, 6) is -0.333. The van der Waals surface area contributed by atoms with Crippen molar-refractivity contribution >= 4 is 36.0 Å². The van der Waals surface area contributed by atoms with Gasteiger partial charge in [0.25, 0.3) is 5.69 Å². The van der Waals surface area contributed by atoms with Crippen molar-refractivity contribution < 1.29 is 22.6 Å². The lowest BCUT2D eigenvalue weighted by Crippen LogP contribution is -2.59. The van der Waals surface area contributed by atoms with Gasteiger partial charge in [-0.15, -0.1) is 6.58 Å². The number of carbonyl (C=O) groups is 1. The molecule has 0 N–H and O–H groups in total. The summed E-state index contributed by atoms with van der Waals surface area (Å²) < 4.78 is 34.5. The van der Waals surface area contributed by atoms with Gasteiger partial charge in [0.1, 0.15) is 0 Å². The number of nitro benzene ring substituents is 1. The molecule has 0 spiro atoms. The Kier molecular flexibility index (Phi) is 9.88. The highest BCUT2D eigenvalue weighted by Gasteiger charge is 2.43. The van der Waals surface area contributed by atoms with Gasteiger partial charge in [0.2, 0.25) is 15.9 Å². The van der Waals surface area contributed by atoms with E-state index >= 15 is 0 Å². The van der Waals surface area contributed by atoms with E-state index in [9.17, 15) is 23.3 Å². The van der Waals surface area contributed by atoms with Gasteiger partial charge in [0.05, 0.1) is 28.5 Å². The summed E-state index contributed by atoms with van der Waals surface area (Å²) in [6.45, 7) is 14.7. The van der Waals surface area contributed by atoms with Crippen LogP contribution in [0.3, 0.4) is 0 Å². The molecule has 1 saturated heterocycles. The largest absolute Gasteiger partial charge is 0.408 e. The van der Waals surface area contributed by atoms with Crippen LogP contribution < -0.4 is 0 Å². The van der Waals surface area contributed by atoms with Crippen molar-refractivity contribution in [2.45, 2.75) is 62.4 Å². The van der Waals surface area contributed by atoms with Gasteiger partial charge in [-0.1, -0.05) is 69.3 Å². The fourth-order valence-electron chi connectivity index (χ4n) is 4.25. The summed E-state index contributed by atoms with van der Waals surface area (Å²) >= 11 is 0. The van der Waals surface area contributed by atoms with Gasteiger partial charge in [0.15, 0.2) is 8.32 Å². The number of nitro groups is 1. The monoisotopic (exact) mass is 585 g/mol. The number of amides is 1. The molecule has 1 aliphatic rings. The second-order valence-corrected chi connectivity index (χ2v) is 18.1. The van der Waals surface area contributed by atoms with Crippen molar-refractivity contribution in [3.05, 3.63) is 89.0 Å². The molecule has 0 bridgehead atoms. The highest BCUT2D eigenvalue weighted by molar-refractivity contribution is 7.89. The van der Waals surface area contributed by atoms with Gasteiger partial charge in [-0.05, 0) is 42.2 Å². The third-order valence-electron chi connectivity index (χ3n) is 7.61. The molecular formula is C29H39N3O6SSi. The Hall–Kier alpha value is -3.12. The first kappa shape index (κ1) is 31.4. The van der Waals surface area contributed by atoms with Crippen LogP contribution in [0.4, 0.5) is 5.69 Å². The van der Waals surface area contributed by atoms with Crippen LogP contribution >= 0.6 is 0 Å². The van der Waals surface area contributed by atoms with E-state index in [2.05, 4.69) is 40.4 Å². The maximum atomic E-state index is 13.5. The normalized spacial score (nSPS) is 17.1. The molecule has 0 radical (unpaired) electrons. The minimum atomic E-state index is -4.01. The first-order chi connectivity index (χ1) is 18.7. The van der Waals surface area contributed by atoms with Crippen LogP contribution in [0.25, 0.3) is 6.08 Å². The fraction of sp³-hybridized carbons (Fsp3) is 0.414. The molecule has 0 unspecified atom stereocenters. The minimum Gasteiger partial charge on any atom is -0.408 e. The topological polar surface area (TPSA) is 110 Å². The summed E-state index contributed by atoms with van der Waals surface area (Å²) in [6.07, 6.45) is 5.79. The molecule has 0 aromatic heterocycles. The van der Waals surface area contributed by atoms with Crippen LogP contribution in [0.5, 0.6) is 0 Å². The smallest absolute Gasteiger partial charge is 0.269 e. The van der Waals surface area contributed by atoms with E-state index in [1.54, 1.807) is 11.0 Å². The Bertz CT molecular complexity index is 1340. The summed E-state index contributed by atoms with van der Waals surface area (Å²) in [4.78, 5) is 25.5. The molecule has 0 saturated carbocycles. The number of non-ortho nitro benzene ring substituents is 1. The van der Waals surface area contributed by atoms with E-state index in [1.165, 1.54) is 12.1 Å². The molecule has 1 heterocycles. The number of carbonyl (C=O) groups excluding carboxylic acids is 1. The molecule has 9 nitrogen and oxygen atoms in total.